The molecule has 3 fully saturated rings. The maximum Gasteiger partial charge on any atom is 0.178 e. The zero-order chi connectivity index (χ0) is 12.7. The number of nitrogens with zero attached hydrogens (tertiary/aromatic N) is 1. The van der Waals surface area contributed by atoms with Gasteiger partial charge in [-0.1, -0.05) is 12.1 Å². The van der Waals surface area contributed by atoms with Gasteiger partial charge in [0.05, 0.1) is 11.0 Å². The van der Waals surface area contributed by atoms with Crippen molar-refractivity contribution in [2.45, 2.75) is 32.2 Å². The third kappa shape index (κ3) is 1.20. The first-order valence-electron chi connectivity index (χ1n) is 7.45. The Bertz CT molecular complexity index is 725. The summed E-state index contributed by atoms with van der Waals surface area (Å²) in [5.41, 5.74) is 3.91. The van der Waals surface area contributed by atoms with Gasteiger partial charge in [-0.2, -0.15) is 0 Å². The minimum atomic E-state index is 0.702. The van der Waals surface area contributed by atoms with Crippen molar-refractivity contribution >= 4 is 23.3 Å². The first-order chi connectivity index (χ1) is 9.25. The van der Waals surface area contributed by atoms with E-state index in [2.05, 4.69) is 34.7 Å². The number of benzene rings is 1. The van der Waals surface area contributed by atoms with Crippen LogP contribution in [-0.2, 0) is 0 Å². The van der Waals surface area contributed by atoms with Crippen LogP contribution in [0.5, 0.6) is 0 Å². The summed E-state index contributed by atoms with van der Waals surface area (Å²) in [5, 5.41) is 0. The number of hydrogen-bond acceptors (Lipinski definition) is 1. The van der Waals surface area contributed by atoms with Crippen LogP contribution in [0.2, 0.25) is 0 Å². The highest BCUT2D eigenvalue weighted by atomic mass is 32.1. The molecule has 4 atom stereocenters. The van der Waals surface area contributed by atoms with E-state index in [1.54, 1.807) is 0 Å². The molecule has 98 valence electrons. The second kappa shape index (κ2) is 3.32. The van der Waals surface area contributed by atoms with Crippen LogP contribution < -0.4 is 0 Å². The van der Waals surface area contributed by atoms with Crippen molar-refractivity contribution in [3.05, 3.63) is 28.5 Å². The summed E-state index contributed by atoms with van der Waals surface area (Å²) >= 11 is 5.61. The van der Waals surface area contributed by atoms with Gasteiger partial charge in [0.15, 0.2) is 4.77 Å². The number of fused-ring (bicyclic) bond motifs is 6. The molecule has 0 radical (unpaired) electrons. The number of para-hydroxylation sites is 1. The SMILES string of the molecule is Cc1cccc2[nH]c(=S)n(C3C4C5CCC(C5)C43)c12. The molecule has 3 aliphatic rings. The Morgan fingerprint density at radius 3 is 2.68 bits per heavy atom. The van der Waals surface area contributed by atoms with Gasteiger partial charge in [-0.25, -0.2) is 0 Å². The Hall–Kier alpha value is -1.09. The second-order valence-corrected chi connectivity index (χ2v) is 7.14. The zero-order valence-corrected chi connectivity index (χ0v) is 11.9. The number of aromatic amines is 1. The van der Waals surface area contributed by atoms with Crippen molar-refractivity contribution in [1.82, 2.24) is 9.55 Å². The number of rotatable bonds is 1. The Morgan fingerprint density at radius 2 is 1.95 bits per heavy atom. The molecule has 19 heavy (non-hydrogen) atoms. The van der Waals surface area contributed by atoms with Crippen LogP contribution in [0.4, 0.5) is 0 Å². The highest BCUT2D eigenvalue weighted by molar-refractivity contribution is 7.71. The Morgan fingerprint density at radius 1 is 1.21 bits per heavy atom. The molecule has 3 saturated carbocycles. The minimum absolute atomic E-state index is 0.702. The molecule has 1 N–H and O–H groups in total. The van der Waals surface area contributed by atoms with E-state index in [1.807, 2.05) is 0 Å². The van der Waals surface area contributed by atoms with Crippen LogP contribution in [-0.4, -0.2) is 9.55 Å². The van der Waals surface area contributed by atoms with Crippen LogP contribution in [0.3, 0.4) is 0 Å². The van der Waals surface area contributed by atoms with E-state index >= 15 is 0 Å². The van der Waals surface area contributed by atoms with E-state index in [4.69, 9.17) is 12.2 Å². The van der Waals surface area contributed by atoms with Crippen LogP contribution in [0.15, 0.2) is 18.2 Å². The van der Waals surface area contributed by atoms with E-state index in [0.717, 1.165) is 28.4 Å². The van der Waals surface area contributed by atoms with Gasteiger partial charge in [0, 0.05) is 6.04 Å². The van der Waals surface area contributed by atoms with Gasteiger partial charge in [-0.05, 0) is 73.7 Å². The zero-order valence-electron chi connectivity index (χ0n) is 11.1. The molecule has 2 nitrogen and oxygen atoms in total. The van der Waals surface area contributed by atoms with Crippen molar-refractivity contribution in [3.8, 4) is 0 Å². The van der Waals surface area contributed by atoms with Crippen LogP contribution >= 0.6 is 12.2 Å². The molecule has 0 spiro atoms. The Kier molecular flexibility index (Phi) is 1.86. The summed E-state index contributed by atoms with van der Waals surface area (Å²) in [5.74, 6) is 3.86. The summed E-state index contributed by atoms with van der Waals surface area (Å²) in [6.45, 7) is 2.20. The molecule has 1 heterocycles. The monoisotopic (exact) mass is 270 g/mol. The maximum atomic E-state index is 5.61. The second-order valence-electron chi connectivity index (χ2n) is 6.75. The molecule has 0 amide bonds. The topological polar surface area (TPSA) is 20.7 Å². The first-order valence-corrected chi connectivity index (χ1v) is 7.86. The number of imidazole rings is 1. The minimum Gasteiger partial charge on any atom is -0.331 e. The number of aryl methyl sites for hydroxylation is 1. The summed E-state index contributed by atoms with van der Waals surface area (Å²) in [6, 6.07) is 7.17. The molecule has 1 aromatic carbocycles. The number of H-pyrrole nitrogens is 1. The average molecular weight is 270 g/mol. The van der Waals surface area contributed by atoms with E-state index in [0.29, 0.717) is 6.04 Å². The molecule has 0 aliphatic heterocycles. The lowest BCUT2D eigenvalue weighted by Crippen LogP contribution is -2.05. The average Bonchev–Trinajstić information content (AvgIpc) is 2.75. The maximum absolute atomic E-state index is 5.61. The summed E-state index contributed by atoms with van der Waals surface area (Å²) in [6.07, 6.45) is 4.44. The van der Waals surface area contributed by atoms with Crippen LogP contribution in [0, 0.1) is 35.4 Å². The van der Waals surface area contributed by atoms with Gasteiger partial charge < -0.3 is 9.55 Å². The number of hydrogen-bond donors (Lipinski definition) is 1. The van der Waals surface area contributed by atoms with Gasteiger partial charge in [-0.15, -0.1) is 0 Å². The third-order valence-corrected chi connectivity index (χ3v) is 6.23. The number of aromatic nitrogens is 2. The highest BCUT2D eigenvalue weighted by Gasteiger charge is 2.66. The van der Waals surface area contributed by atoms with Crippen LogP contribution in [0.1, 0.15) is 30.9 Å². The van der Waals surface area contributed by atoms with Gasteiger partial charge in [0.2, 0.25) is 0 Å². The molecule has 5 rings (SSSR count). The fourth-order valence-corrected chi connectivity index (χ4v) is 5.59. The van der Waals surface area contributed by atoms with E-state index in [9.17, 15) is 0 Å². The van der Waals surface area contributed by atoms with Gasteiger partial charge in [-0.3, -0.25) is 0 Å². The van der Waals surface area contributed by atoms with Gasteiger partial charge in [0.25, 0.3) is 0 Å². The predicted molar refractivity (Wildman–Crippen MR) is 78.7 cm³/mol. The summed E-state index contributed by atoms with van der Waals surface area (Å²) in [7, 11) is 0. The van der Waals surface area contributed by atoms with Crippen molar-refractivity contribution in [1.29, 1.82) is 0 Å². The highest BCUT2D eigenvalue weighted by Crippen LogP contribution is 2.71. The molecule has 2 bridgehead atoms. The lowest BCUT2D eigenvalue weighted by Gasteiger charge is -2.12. The molecule has 2 aromatic rings. The summed E-state index contributed by atoms with van der Waals surface area (Å²) in [4.78, 5) is 3.41. The normalized spacial score (nSPS) is 38.9. The van der Waals surface area contributed by atoms with Crippen molar-refractivity contribution < 1.29 is 0 Å². The van der Waals surface area contributed by atoms with E-state index in [1.165, 1.54) is 35.9 Å². The first kappa shape index (κ1) is 10.7. The molecular formula is C16H18N2S. The molecular weight excluding hydrogens is 252 g/mol. The molecule has 3 aliphatic carbocycles. The Balaban J connectivity index is 1.71. The van der Waals surface area contributed by atoms with Gasteiger partial charge in [0.1, 0.15) is 0 Å². The summed E-state index contributed by atoms with van der Waals surface area (Å²) < 4.78 is 3.39. The quantitative estimate of drug-likeness (QED) is 0.769. The van der Waals surface area contributed by atoms with Crippen molar-refractivity contribution in [2.75, 3.05) is 0 Å². The largest absolute Gasteiger partial charge is 0.331 e. The van der Waals surface area contributed by atoms with Crippen molar-refractivity contribution in [3.63, 3.8) is 0 Å². The lowest BCUT2D eigenvalue weighted by molar-refractivity contribution is 0.456. The van der Waals surface area contributed by atoms with Gasteiger partial charge >= 0.3 is 0 Å². The molecule has 3 heteroatoms. The van der Waals surface area contributed by atoms with E-state index in [-0.39, 0.29) is 0 Å². The fourth-order valence-electron chi connectivity index (χ4n) is 5.26. The Labute approximate surface area is 117 Å². The van der Waals surface area contributed by atoms with E-state index < -0.39 is 0 Å². The third-order valence-electron chi connectivity index (χ3n) is 5.93. The molecule has 4 unspecified atom stereocenters. The lowest BCUT2D eigenvalue weighted by atomic mass is 10.0. The molecule has 1 aromatic heterocycles. The standard InChI is InChI=1S/C16H18N2S/c1-8-3-2-4-11-14(8)18(16(19)17-11)15-12-9-5-6-10(7-9)13(12)15/h2-4,9-10,12-13,15H,5-7H2,1H3,(H,17,19). The fraction of sp³-hybridized carbons (Fsp3) is 0.562. The predicted octanol–water partition coefficient (Wildman–Crippen LogP) is 4.22. The van der Waals surface area contributed by atoms with Crippen LogP contribution in [0.25, 0.3) is 11.0 Å². The smallest absolute Gasteiger partial charge is 0.178 e. The molecule has 0 saturated heterocycles. The number of nitrogens with one attached hydrogen (secondary N) is 1. The van der Waals surface area contributed by atoms with Crippen molar-refractivity contribution in [2.24, 2.45) is 23.7 Å².